The Morgan fingerprint density at radius 2 is 2.31 bits per heavy atom. The molecule has 0 spiro atoms. The van der Waals surface area contributed by atoms with Gasteiger partial charge in [-0.15, -0.1) is 10.2 Å². The van der Waals surface area contributed by atoms with Gasteiger partial charge < -0.3 is 14.8 Å². The third-order valence-electron chi connectivity index (χ3n) is 2.35. The molecule has 1 unspecified atom stereocenters. The first-order valence-electron chi connectivity index (χ1n) is 4.54. The van der Waals surface area contributed by atoms with Crippen LogP contribution in [0, 0.1) is 0 Å². The summed E-state index contributed by atoms with van der Waals surface area (Å²) in [5.74, 6) is 1.42. The molecule has 0 aliphatic carbocycles. The van der Waals surface area contributed by atoms with Crippen molar-refractivity contribution in [1.29, 1.82) is 0 Å². The molecule has 1 aromatic rings. The molecule has 13 heavy (non-hydrogen) atoms. The van der Waals surface area contributed by atoms with Gasteiger partial charge in [-0.25, -0.2) is 0 Å². The zero-order chi connectivity index (χ0) is 9.26. The molecule has 0 fully saturated rings. The van der Waals surface area contributed by atoms with Crippen LogP contribution < -0.4 is 0 Å². The van der Waals surface area contributed by atoms with Crippen LogP contribution in [0.4, 0.5) is 0 Å². The second-order valence-corrected chi connectivity index (χ2v) is 3.26. The fraction of sp³-hybridized carbons (Fsp3) is 0.750. The fourth-order valence-corrected chi connectivity index (χ4v) is 1.70. The van der Waals surface area contributed by atoms with Crippen molar-refractivity contribution in [2.24, 2.45) is 0 Å². The predicted octanol–water partition coefficient (Wildman–Crippen LogP) is -0.360. The summed E-state index contributed by atoms with van der Waals surface area (Å²) in [4.78, 5) is 0. The van der Waals surface area contributed by atoms with Crippen molar-refractivity contribution < 1.29 is 10.2 Å². The third kappa shape index (κ3) is 1.45. The van der Waals surface area contributed by atoms with E-state index in [2.05, 4.69) is 10.2 Å². The molecule has 5 nitrogen and oxygen atoms in total. The minimum absolute atomic E-state index is 0.0776. The van der Waals surface area contributed by atoms with E-state index in [1.807, 2.05) is 4.57 Å². The van der Waals surface area contributed by atoms with Crippen LogP contribution >= 0.6 is 0 Å². The highest BCUT2D eigenvalue weighted by atomic mass is 16.3. The number of nitrogens with zero attached hydrogens (tertiary/aromatic N) is 3. The summed E-state index contributed by atoms with van der Waals surface area (Å²) in [6.07, 6.45) is 1.75. The molecular formula is C8H13N3O2. The molecule has 0 bridgehead atoms. The first kappa shape index (κ1) is 8.65. The van der Waals surface area contributed by atoms with E-state index in [9.17, 15) is 5.11 Å². The van der Waals surface area contributed by atoms with Crippen LogP contribution in [0.1, 0.15) is 30.6 Å². The first-order valence-corrected chi connectivity index (χ1v) is 4.54. The van der Waals surface area contributed by atoms with Gasteiger partial charge in [0.2, 0.25) is 0 Å². The average Bonchev–Trinajstić information content (AvgIpc) is 2.51. The lowest BCUT2D eigenvalue weighted by atomic mass is 10.1. The summed E-state index contributed by atoms with van der Waals surface area (Å²) >= 11 is 0. The lowest BCUT2D eigenvalue weighted by Crippen LogP contribution is -2.17. The largest absolute Gasteiger partial charge is 0.396 e. The molecule has 5 heteroatoms. The number of aliphatic hydroxyl groups excluding tert-OH is 2. The van der Waals surface area contributed by atoms with E-state index >= 15 is 0 Å². The van der Waals surface area contributed by atoms with Crippen molar-refractivity contribution in [3.8, 4) is 0 Å². The highest BCUT2D eigenvalue weighted by molar-refractivity contribution is 5.01. The van der Waals surface area contributed by atoms with Gasteiger partial charge in [0.05, 0.1) is 6.61 Å². The second-order valence-electron chi connectivity index (χ2n) is 3.26. The van der Waals surface area contributed by atoms with Gasteiger partial charge in [-0.1, -0.05) is 0 Å². The van der Waals surface area contributed by atoms with E-state index in [1.165, 1.54) is 0 Å². The molecule has 1 aliphatic rings. The zero-order valence-corrected chi connectivity index (χ0v) is 7.35. The van der Waals surface area contributed by atoms with E-state index in [0.29, 0.717) is 12.2 Å². The molecule has 2 rings (SSSR count). The Morgan fingerprint density at radius 3 is 3.08 bits per heavy atom. The van der Waals surface area contributed by atoms with Crippen molar-refractivity contribution >= 4 is 0 Å². The number of aliphatic hydroxyl groups is 2. The molecule has 1 aromatic heterocycles. The maximum atomic E-state index is 9.56. The van der Waals surface area contributed by atoms with Crippen LogP contribution in [0.5, 0.6) is 0 Å². The molecule has 1 aliphatic heterocycles. The van der Waals surface area contributed by atoms with Crippen LogP contribution in [0.15, 0.2) is 0 Å². The van der Waals surface area contributed by atoms with E-state index in [0.717, 1.165) is 25.2 Å². The Morgan fingerprint density at radius 1 is 1.46 bits per heavy atom. The lowest BCUT2D eigenvalue weighted by molar-refractivity contribution is 0.132. The van der Waals surface area contributed by atoms with Gasteiger partial charge in [-0.3, -0.25) is 0 Å². The van der Waals surface area contributed by atoms with E-state index < -0.39 is 6.10 Å². The van der Waals surface area contributed by atoms with Gasteiger partial charge >= 0.3 is 0 Å². The summed E-state index contributed by atoms with van der Waals surface area (Å²) in [5.41, 5.74) is 0. The van der Waals surface area contributed by atoms with Crippen LogP contribution in [0.25, 0.3) is 0 Å². The van der Waals surface area contributed by atoms with Gasteiger partial charge in [0, 0.05) is 13.0 Å². The summed E-state index contributed by atoms with van der Waals surface area (Å²) < 4.78 is 1.91. The maximum Gasteiger partial charge on any atom is 0.161 e. The van der Waals surface area contributed by atoms with Gasteiger partial charge in [-0.2, -0.15) is 0 Å². The molecule has 2 N–H and O–H groups in total. The third-order valence-corrected chi connectivity index (χ3v) is 2.35. The molecule has 2 heterocycles. The molecule has 72 valence electrons. The highest BCUT2D eigenvalue weighted by Crippen LogP contribution is 2.23. The fourth-order valence-electron chi connectivity index (χ4n) is 1.70. The van der Waals surface area contributed by atoms with Gasteiger partial charge in [0.25, 0.3) is 0 Å². The number of hydrogen-bond acceptors (Lipinski definition) is 4. The normalized spacial score (nSPS) is 21.5. The molecule has 0 radical (unpaired) electrons. The Hall–Kier alpha value is -0.940. The summed E-state index contributed by atoms with van der Waals surface area (Å²) in [5, 5.41) is 26.2. The standard InChI is InChI=1S/C8H13N3O2/c12-5-3-7-9-10-8-6(13)2-1-4-11(7)8/h6,12-13H,1-5H2. The molecule has 0 saturated heterocycles. The minimum atomic E-state index is -0.478. The van der Waals surface area contributed by atoms with E-state index in [4.69, 9.17) is 5.11 Å². The summed E-state index contributed by atoms with van der Waals surface area (Å²) in [6, 6.07) is 0. The Labute approximate surface area is 76.0 Å². The van der Waals surface area contributed by atoms with E-state index in [-0.39, 0.29) is 6.61 Å². The molecule has 0 aromatic carbocycles. The smallest absolute Gasteiger partial charge is 0.161 e. The van der Waals surface area contributed by atoms with Crippen molar-refractivity contribution in [3.05, 3.63) is 11.6 Å². The van der Waals surface area contributed by atoms with Gasteiger partial charge in [0.1, 0.15) is 11.9 Å². The van der Waals surface area contributed by atoms with Gasteiger partial charge in [-0.05, 0) is 12.8 Å². The van der Waals surface area contributed by atoms with E-state index in [1.54, 1.807) is 0 Å². The van der Waals surface area contributed by atoms with Crippen LogP contribution in [-0.4, -0.2) is 31.6 Å². The SMILES string of the molecule is OCCc1nnc2n1CCCC2O. The highest BCUT2D eigenvalue weighted by Gasteiger charge is 2.22. The van der Waals surface area contributed by atoms with Crippen molar-refractivity contribution in [2.45, 2.75) is 31.9 Å². The number of hydrogen-bond donors (Lipinski definition) is 2. The number of aromatic nitrogens is 3. The average molecular weight is 183 g/mol. The Kier molecular flexibility index (Phi) is 2.28. The van der Waals surface area contributed by atoms with Gasteiger partial charge in [0.15, 0.2) is 5.82 Å². The molecule has 0 saturated carbocycles. The van der Waals surface area contributed by atoms with Crippen molar-refractivity contribution in [1.82, 2.24) is 14.8 Å². The predicted molar refractivity (Wildman–Crippen MR) is 45.0 cm³/mol. The topological polar surface area (TPSA) is 71.2 Å². The van der Waals surface area contributed by atoms with Crippen LogP contribution in [0.2, 0.25) is 0 Å². The first-order chi connectivity index (χ1) is 6.33. The van der Waals surface area contributed by atoms with Crippen molar-refractivity contribution in [2.75, 3.05) is 6.61 Å². The minimum Gasteiger partial charge on any atom is -0.396 e. The van der Waals surface area contributed by atoms with Crippen molar-refractivity contribution in [3.63, 3.8) is 0 Å². The molecule has 1 atom stereocenters. The number of rotatable bonds is 2. The zero-order valence-electron chi connectivity index (χ0n) is 7.35. The lowest BCUT2D eigenvalue weighted by Gasteiger charge is -2.19. The Balaban J connectivity index is 2.30. The second kappa shape index (κ2) is 3.43. The summed E-state index contributed by atoms with van der Waals surface area (Å²) in [6.45, 7) is 0.933. The monoisotopic (exact) mass is 183 g/mol. The summed E-state index contributed by atoms with van der Waals surface area (Å²) in [7, 11) is 0. The quantitative estimate of drug-likeness (QED) is 0.657. The number of fused-ring (bicyclic) bond motifs is 1. The Bertz CT molecular complexity index is 298. The molecule has 0 amide bonds. The maximum absolute atomic E-state index is 9.56. The van der Waals surface area contributed by atoms with Crippen LogP contribution in [0.3, 0.4) is 0 Å². The molecular weight excluding hydrogens is 170 g/mol. The van der Waals surface area contributed by atoms with Crippen LogP contribution in [-0.2, 0) is 13.0 Å².